The summed E-state index contributed by atoms with van der Waals surface area (Å²) in [5, 5.41) is 29.5. The van der Waals surface area contributed by atoms with E-state index in [1.807, 2.05) is 0 Å². The zero-order valence-electron chi connectivity index (χ0n) is 22.5. The van der Waals surface area contributed by atoms with Crippen molar-refractivity contribution in [3.8, 4) is 0 Å². The summed E-state index contributed by atoms with van der Waals surface area (Å²) in [6.07, 6.45) is 17.7. The second-order valence-electron chi connectivity index (χ2n) is 9.78. The second kappa shape index (κ2) is 15.7. The molecular formula is C30H40O8. The Morgan fingerprint density at radius 1 is 0.632 bits per heavy atom. The molecule has 0 spiro atoms. The second-order valence-corrected chi connectivity index (χ2v) is 9.78. The number of aliphatic hydroxyl groups excluding tert-OH is 3. The molecule has 0 amide bonds. The van der Waals surface area contributed by atoms with Crippen molar-refractivity contribution in [2.75, 3.05) is 7.11 Å². The number of hydrogen-bond acceptors (Lipinski definition) is 8. The van der Waals surface area contributed by atoms with Crippen molar-refractivity contribution in [1.82, 2.24) is 0 Å². The molecule has 0 aliphatic heterocycles. The molecule has 0 radical (unpaired) electrons. The molecule has 2 aliphatic carbocycles. The molecule has 0 fully saturated rings. The largest absolute Gasteiger partial charge is 0.504 e. The van der Waals surface area contributed by atoms with E-state index in [1.165, 1.54) is 14.0 Å². The van der Waals surface area contributed by atoms with Crippen molar-refractivity contribution in [1.29, 1.82) is 0 Å². The quantitative estimate of drug-likeness (QED) is 0.114. The molecule has 0 aromatic carbocycles. The Bertz CT molecular complexity index is 1070. The van der Waals surface area contributed by atoms with Gasteiger partial charge in [-0.25, -0.2) is 0 Å². The summed E-state index contributed by atoms with van der Waals surface area (Å²) in [7, 11) is 1.33. The fourth-order valence-corrected chi connectivity index (χ4v) is 4.54. The lowest BCUT2D eigenvalue weighted by Crippen LogP contribution is -2.22. The van der Waals surface area contributed by atoms with Crippen molar-refractivity contribution in [2.45, 2.75) is 96.8 Å². The fraction of sp³-hybridized carbons (Fsp3) is 0.533. The zero-order valence-corrected chi connectivity index (χ0v) is 22.5. The number of allylic oxidation sites excluding steroid dienone is 6. The molecule has 208 valence electrons. The number of carbonyl (C=O) groups excluding carboxylic acids is 4. The average Bonchev–Trinajstić information content (AvgIpc) is 2.91. The third kappa shape index (κ3) is 8.57. The Morgan fingerprint density at radius 2 is 1.11 bits per heavy atom. The lowest BCUT2D eigenvalue weighted by atomic mass is 9.91. The van der Waals surface area contributed by atoms with Crippen molar-refractivity contribution >= 4 is 23.1 Å². The summed E-state index contributed by atoms with van der Waals surface area (Å²) in [6, 6.07) is 0. The van der Waals surface area contributed by atoms with Crippen LogP contribution < -0.4 is 0 Å². The van der Waals surface area contributed by atoms with Crippen LogP contribution in [-0.2, 0) is 23.9 Å². The first-order valence-corrected chi connectivity index (χ1v) is 13.5. The van der Waals surface area contributed by atoms with E-state index >= 15 is 0 Å². The van der Waals surface area contributed by atoms with Gasteiger partial charge >= 0.3 is 0 Å². The van der Waals surface area contributed by atoms with E-state index in [2.05, 4.69) is 12.2 Å². The predicted molar refractivity (Wildman–Crippen MR) is 144 cm³/mol. The molecule has 38 heavy (non-hydrogen) atoms. The predicted octanol–water partition coefficient (Wildman–Crippen LogP) is 6.29. The molecule has 0 saturated carbocycles. The Kier molecular flexibility index (Phi) is 12.8. The summed E-state index contributed by atoms with van der Waals surface area (Å²) in [4.78, 5) is 47.8. The molecule has 8 nitrogen and oxygen atoms in total. The highest BCUT2D eigenvalue weighted by Gasteiger charge is 2.32. The van der Waals surface area contributed by atoms with Crippen molar-refractivity contribution in [3.63, 3.8) is 0 Å². The van der Waals surface area contributed by atoms with Gasteiger partial charge in [-0.3, -0.25) is 19.2 Å². The standard InChI is InChI=1S/C30H40O8/c1-20-25(32)29(36)22(30(37)26(20)33)18-16-14-12-10-8-6-4-3-5-7-9-11-13-15-17-21-27(34)23(31)19-24(38-2)28(21)35/h3-4,19,32,34,37H,5-18H2,1-2H3/b4-3-. The number of ether oxygens (including phenoxy) is 1. The molecule has 2 rings (SSSR count). The van der Waals surface area contributed by atoms with Crippen molar-refractivity contribution < 1.29 is 39.2 Å². The molecule has 0 bridgehead atoms. The SMILES string of the molecule is COC1=CC(=O)C(O)=C(CCCCCCC/C=C\CCCCCCCC2=C(O)C(=O)C(C)=C(O)C2=O)C1=O. The molecule has 3 N–H and O–H groups in total. The van der Waals surface area contributed by atoms with Gasteiger partial charge in [-0.15, -0.1) is 0 Å². The third-order valence-electron chi connectivity index (χ3n) is 6.95. The number of methoxy groups -OCH3 is 1. The topological polar surface area (TPSA) is 138 Å². The highest BCUT2D eigenvalue weighted by molar-refractivity contribution is 6.23. The first-order valence-electron chi connectivity index (χ1n) is 13.5. The van der Waals surface area contributed by atoms with Gasteiger partial charge < -0.3 is 20.1 Å². The van der Waals surface area contributed by atoms with Gasteiger partial charge in [0.05, 0.1) is 7.11 Å². The van der Waals surface area contributed by atoms with Gasteiger partial charge in [-0.1, -0.05) is 50.7 Å². The molecule has 0 atom stereocenters. The van der Waals surface area contributed by atoms with Gasteiger partial charge in [0, 0.05) is 22.8 Å². The molecule has 0 aromatic heterocycles. The van der Waals surface area contributed by atoms with E-state index in [9.17, 15) is 34.5 Å². The summed E-state index contributed by atoms with van der Waals surface area (Å²) in [5.74, 6) is -3.86. The first-order chi connectivity index (χ1) is 18.2. The first kappa shape index (κ1) is 30.8. The van der Waals surface area contributed by atoms with Crippen LogP contribution in [0.15, 0.2) is 58.0 Å². The maximum absolute atomic E-state index is 12.2. The van der Waals surface area contributed by atoms with E-state index < -0.39 is 40.4 Å². The lowest BCUT2D eigenvalue weighted by Gasteiger charge is -2.15. The summed E-state index contributed by atoms with van der Waals surface area (Å²) < 4.78 is 4.92. The van der Waals surface area contributed by atoms with Gasteiger partial charge in [0.15, 0.2) is 23.0 Å². The van der Waals surface area contributed by atoms with E-state index in [0.717, 1.165) is 76.7 Å². The van der Waals surface area contributed by atoms with Crippen LogP contribution in [0, 0.1) is 0 Å². The number of hydrogen-bond donors (Lipinski definition) is 3. The van der Waals surface area contributed by atoms with Crippen LogP contribution in [0.1, 0.15) is 96.8 Å². The van der Waals surface area contributed by atoms with E-state index in [-0.39, 0.29) is 28.9 Å². The van der Waals surface area contributed by atoms with Crippen LogP contribution in [0.5, 0.6) is 0 Å². The number of carbonyl (C=O) groups is 4. The molecule has 8 heteroatoms. The van der Waals surface area contributed by atoms with E-state index in [4.69, 9.17) is 4.74 Å². The minimum absolute atomic E-state index is 0.0190. The molecule has 0 unspecified atom stereocenters. The number of ketones is 4. The summed E-state index contributed by atoms with van der Waals surface area (Å²) in [5.41, 5.74) is 0.0661. The summed E-state index contributed by atoms with van der Waals surface area (Å²) in [6.45, 7) is 1.33. The van der Waals surface area contributed by atoms with Crippen LogP contribution >= 0.6 is 0 Å². The maximum Gasteiger partial charge on any atom is 0.227 e. The van der Waals surface area contributed by atoms with Crippen molar-refractivity contribution in [3.05, 3.63) is 58.0 Å². The monoisotopic (exact) mass is 528 g/mol. The highest BCUT2D eigenvalue weighted by Crippen LogP contribution is 2.26. The fourth-order valence-electron chi connectivity index (χ4n) is 4.54. The number of aliphatic hydroxyl groups is 3. The van der Waals surface area contributed by atoms with Gasteiger partial charge in [-0.2, -0.15) is 0 Å². The average molecular weight is 529 g/mol. The van der Waals surface area contributed by atoms with E-state index in [0.29, 0.717) is 12.8 Å². The third-order valence-corrected chi connectivity index (χ3v) is 6.95. The Hall–Kier alpha value is -3.42. The smallest absolute Gasteiger partial charge is 0.227 e. The van der Waals surface area contributed by atoms with E-state index in [1.54, 1.807) is 0 Å². The Balaban J connectivity index is 1.46. The van der Waals surface area contributed by atoms with Gasteiger partial charge in [-0.05, 0) is 58.3 Å². The molecule has 0 heterocycles. The van der Waals surface area contributed by atoms with Gasteiger partial charge in [0.2, 0.25) is 23.1 Å². The van der Waals surface area contributed by atoms with Gasteiger partial charge in [0.25, 0.3) is 0 Å². The number of rotatable bonds is 17. The Labute approximate surface area is 224 Å². The zero-order chi connectivity index (χ0) is 28.1. The normalized spacial score (nSPS) is 16.8. The molecular weight excluding hydrogens is 488 g/mol. The van der Waals surface area contributed by atoms with Crippen LogP contribution in [0.4, 0.5) is 0 Å². The minimum atomic E-state index is -0.673. The Morgan fingerprint density at radius 3 is 1.63 bits per heavy atom. The highest BCUT2D eigenvalue weighted by atomic mass is 16.5. The molecule has 0 aromatic rings. The molecule has 0 saturated heterocycles. The number of unbranched alkanes of at least 4 members (excludes halogenated alkanes) is 10. The van der Waals surface area contributed by atoms with Crippen LogP contribution in [0.3, 0.4) is 0 Å². The lowest BCUT2D eigenvalue weighted by molar-refractivity contribution is -0.120. The maximum atomic E-state index is 12.2. The number of Topliss-reactive ketones (excluding diaryl/α,β-unsaturated/α-hetero) is 3. The summed E-state index contributed by atoms with van der Waals surface area (Å²) >= 11 is 0. The van der Waals surface area contributed by atoms with Crippen LogP contribution in [0.2, 0.25) is 0 Å². The van der Waals surface area contributed by atoms with Crippen LogP contribution in [0.25, 0.3) is 0 Å². The molecule has 2 aliphatic rings. The minimum Gasteiger partial charge on any atom is -0.504 e. The van der Waals surface area contributed by atoms with Crippen LogP contribution in [-0.4, -0.2) is 45.6 Å². The van der Waals surface area contributed by atoms with Crippen molar-refractivity contribution in [2.24, 2.45) is 0 Å². The van der Waals surface area contributed by atoms with Gasteiger partial charge in [0.1, 0.15) is 0 Å².